The monoisotopic (exact) mass is 351 g/mol. The molecule has 0 spiro atoms. The Kier molecular flexibility index (Phi) is 4.79. The summed E-state index contributed by atoms with van der Waals surface area (Å²) < 4.78 is 4.15. The maximum absolute atomic E-state index is 4.41. The van der Waals surface area contributed by atoms with Gasteiger partial charge in [-0.3, -0.25) is 14.6 Å². The topological polar surface area (TPSA) is 64.7 Å². The summed E-state index contributed by atoms with van der Waals surface area (Å²) in [5.74, 6) is 1.66. The van der Waals surface area contributed by atoms with Crippen molar-refractivity contribution < 1.29 is 0 Å². The average molecular weight is 351 g/mol. The van der Waals surface area contributed by atoms with Crippen molar-refractivity contribution in [3.05, 3.63) is 48.3 Å². The predicted octanol–water partition coefficient (Wildman–Crippen LogP) is 2.29. The minimum Gasteiger partial charge on any atom is -0.334 e. The summed E-state index contributed by atoms with van der Waals surface area (Å²) in [5.41, 5.74) is 2.99. The van der Waals surface area contributed by atoms with Crippen molar-refractivity contribution in [3.8, 4) is 11.4 Å². The molecule has 3 aromatic heterocycles. The third-order valence-corrected chi connectivity index (χ3v) is 5.22. The number of aryl methyl sites for hydroxylation is 1. The molecule has 7 heteroatoms. The zero-order valence-corrected chi connectivity index (χ0v) is 15.4. The maximum atomic E-state index is 4.41. The molecule has 7 nitrogen and oxygen atoms in total. The summed E-state index contributed by atoms with van der Waals surface area (Å²) in [7, 11) is 2.09. The first-order chi connectivity index (χ1) is 12.7. The van der Waals surface area contributed by atoms with Gasteiger partial charge in [0.05, 0.1) is 17.6 Å². The Hall–Kier alpha value is -2.54. The number of pyridine rings is 1. The molecule has 0 unspecified atom stereocenters. The highest BCUT2D eigenvalue weighted by atomic mass is 15.4. The molecule has 3 aromatic rings. The summed E-state index contributed by atoms with van der Waals surface area (Å²) in [6.07, 6.45) is 8.25. The lowest BCUT2D eigenvalue weighted by Crippen LogP contribution is -2.37. The Morgan fingerprint density at radius 2 is 2.12 bits per heavy atom. The summed E-state index contributed by atoms with van der Waals surface area (Å²) in [5, 5.41) is 8.59. The van der Waals surface area contributed by atoms with Crippen molar-refractivity contribution in [2.45, 2.75) is 32.9 Å². The molecule has 1 fully saturated rings. The second kappa shape index (κ2) is 7.37. The molecule has 4 rings (SSSR count). The first-order valence-electron chi connectivity index (χ1n) is 9.20. The Labute approximate surface area is 153 Å². The highest BCUT2D eigenvalue weighted by Crippen LogP contribution is 2.21. The van der Waals surface area contributed by atoms with Crippen LogP contribution in [-0.2, 0) is 20.1 Å². The molecule has 0 amide bonds. The number of piperidine rings is 1. The third kappa shape index (κ3) is 3.67. The van der Waals surface area contributed by atoms with Crippen LogP contribution in [0.5, 0.6) is 0 Å². The van der Waals surface area contributed by atoms with Crippen LogP contribution in [0, 0.1) is 12.8 Å². The number of aromatic nitrogens is 6. The highest BCUT2D eigenvalue weighted by Gasteiger charge is 2.22. The van der Waals surface area contributed by atoms with E-state index in [2.05, 4.69) is 36.8 Å². The standard InChI is InChI=1S/C19H25N7/c1-15-21-10-17(24(15)2)13-25-9-5-6-16(11-25)12-26-14-19(22-23-26)18-7-3-4-8-20-18/h3-4,7-8,10,14,16H,5-6,9,11-13H2,1-2H3/t16-/m0/s1. The molecular formula is C19H25N7. The van der Waals surface area contributed by atoms with E-state index in [-0.39, 0.29) is 0 Å². The summed E-state index contributed by atoms with van der Waals surface area (Å²) in [6, 6.07) is 5.85. The van der Waals surface area contributed by atoms with Crippen molar-refractivity contribution in [2.24, 2.45) is 13.0 Å². The average Bonchev–Trinajstić information content (AvgIpc) is 3.25. The van der Waals surface area contributed by atoms with Gasteiger partial charge >= 0.3 is 0 Å². The fourth-order valence-corrected chi connectivity index (χ4v) is 3.65. The predicted molar refractivity (Wildman–Crippen MR) is 99.2 cm³/mol. The molecule has 26 heavy (non-hydrogen) atoms. The van der Waals surface area contributed by atoms with E-state index >= 15 is 0 Å². The number of hydrogen-bond acceptors (Lipinski definition) is 5. The molecule has 0 bridgehead atoms. The molecule has 1 atom stereocenters. The van der Waals surface area contributed by atoms with E-state index < -0.39 is 0 Å². The van der Waals surface area contributed by atoms with Crippen molar-refractivity contribution >= 4 is 0 Å². The lowest BCUT2D eigenvalue weighted by Gasteiger charge is -2.32. The Morgan fingerprint density at radius 1 is 1.19 bits per heavy atom. The van der Waals surface area contributed by atoms with E-state index in [0.29, 0.717) is 5.92 Å². The zero-order chi connectivity index (χ0) is 17.9. The van der Waals surface area contributed by atoms with E-state index in [0.717, 1.165) is 43.4 Å². The fraction of sp³-hybridized carbons (Fsp3) is 0.474. The van der Waals surface area contributed by atoms with Gasteiger partial charge in [0, 0.05) is 39.1 Å². The normalized spacial score (nSPS) is 18.3. The van der Waals surface area contributed by atoms with Crippen molar-refractivity contribution in [1.82, 2.24) is 34.4 Å². The summed E-state index contributed by atoms with van der Waals surface area (Å²) >= 11 is 0. The summed E-state index contributed by atoms with van der Waals surface area (Å²) in [6.45, 7) is 6.15. The number of nitrogens with zero attached hydrogens (tertiary/aromatic N) is 7. The van der Waals surface area contributed by atoms with Crippen LogP contribution in [-0.4, -0.2) is 47.5 Å². The zero-order valence-electron chi connectivity index (χ0n) is 15.4. The molecule has 1 aliphatic heterocycles. The van der Waals surface area contributed by atoms with Crippen LogP contribution in [0.3, 0.4) is 0 Å². The van der Waals surface area contributed by atoms with Gasteiger partial charge in [0.25, 0.3) is 0 Å². The lowest BCUT2D eigenvalue weighted by atomic mass is 9.98. The molecule has 4 heterocycles. The van der Waals surface area contributed by atoms with Crippen LogP contribution < -0.4 is 0 Å². The second-order valence-corrected chi connectivity index (χ2v) is 7.14. The molecule has 1 saturated heterocycles. The molecule has 1 aliphatic rings. The van der Waals surface area contributed by atoms with Gasteiger partial charge < -0.3 is 4.57 Å². The Balaban J connectivity index is 1.38. The molecule has 0 aromatic carbocycles. The minimum atomic E-state index is 0.594. The second-order valence-electron chi connectivity index (χ2n) is 7.14. The smallest absolute Gasteiger partial charge is 0.131 e. The molecule has 0 radical (unpaired) electrons. The van der Waals surface area contributed by atoms with Crippen LogP contribution >= 0.6 is 0 Å². The maximum Gasteiger partial charge on any atom is 0.131 e. The molecule has 0 saturated carbocycles. The minimum absolute atomic E-state index is 0.594. The molecule has 136 valence electrons. The summed E-state index contributed by atoms with van der Waals surface area (Å²) in [4.78, 5) is 11.3. The van der Waals surface area contributed by atoms with Gasteiger partial charge in [-0.1, -0.05) is 11.3 Å². The molecule has 0 N–H and O–H groups in total. The van der Waals surface area contributed by atoms with Gasteiger partial charge in [-0.15, -0.1) is 5.10 Å². The SMILES string of the molecule is Cc1ncc(CN2CCC[C@H](Cn3cc(-c4ccccn4)nn3)C2)n1C. The molecule has 0 aliphatic carbocycles. The van der Waals surface area contributed by atoms with Gasteiger partial charge in [-0.2, -0.15) is 0 Å². The van der Waals surface area contributed by atoms with Crippen LogP contribution in [0.1, 0.15) is 24.4 Å². The van der Waals surface area contributed by atoms with E-state index in [1.54, 1.807) is 6.20 Å². The first kappa shape index (κ1) is 16.9. The number of imidazole rings is 1. The fourth-order valence-electron chi connectivity index (χ4n) is 3.65. The van der Waals surface area contributed by atoms with E-state index in [9.17, 15) is 0 Å². The van der Waals surface area contributed by atoms with Gasteiger partial charge in [0.2, 0.25) is 0 Å². The third-order valence-electron chi connectivity index (χ3n) is 5.22. The van der Waals surface area contributed by atoms with Crippen LogP contribution in [0.4, 0.5) is 0 Å². The quantitative estimate of drug-likeness (QED) is 0.706. The van der Waals surface area contributed by atoms with Crippen molar-refractivity contribution in [2.75, 3.05) is 13.1 Å². The highest BCUT2D eigenvalue weighted by molar-refractivity contribution is 5.51. The van der Waals surface area contributed by atoms with Crippen molar-refractivity contribution in [3.63, 3.8) is 0 Å². The first-order valence-corrected chi connectivity index (χ1v) is 9.20. The van der Waals surface area contributed by atoms with E-state index in [4.69, 9.17) is 0 Å². The van der Waals surface area contributed by atoms with Gasteiger partial charge in [0.15, 0.2) is 0 Å². The van der Waals surface area contributed by atoms with Crippen LogP contribution in [0.15, 0.2) is 36.8 Å². The van der Waals surface area contributed by atoms with Gasteiger partial charge in [0.1, 0.15) is 11.5 Å². The number of hydrogen-bond donors (Lipinski definition) is 0. The van der Waals surface area contributed by atoms with Crippen LogP contribution in [0.25, 0.3) is 11.4 Å². The van der Waals surface area contributed by atoms with Crippen molar-refractivity contribution in [1.29, 1.82) is 0 Å². The number of likely N-dealkylation sites (tertiary alicyclic amines) is 1. The van der Waals surface area contributed by atoms with E-state index in [1.807, 2.05) is 42.2 Å². The Bertz CT molecular complexity index is 852. The lowest BCUT2D eigenvalue weighted by molar-refractivity contribution is 0.150. The van der Waals surface area contributed by atoms with Crippen LogP contribution in [0.2, 0.25) is 0 Å². The Morgan fingerprint density at radius 3 is 2.88 bits per heavy atom. The number of rotatable bonds is 5. The van der Waals surface area contributed by atoms with Gasteiger partial charge in [-0.05, 0) is 44.4 Å². The molecular weight excluding hydrogens is 326 g/mol. The van der Waals surface area contributed by atoms with E-state index in [1.165, 1.54) is 18.5 Å². The van der Waals surface area contributed by atoms with Gasteiger partial charge in [-0.25, -0.2) is 4.98 Å². The largest absolute Gasteiger partial charge is 0.334 e.